The fraction of sp³-hybridized carbons (Fsp3) is 0.500. The lowest BCUT2D eigenvalue weighted by Gasteiger charge is -2.07. The zero-order valence-corrected chi connectivity index (χ0v) is 12.4. The Morgan fingerprint density at radius 1 is 0.900 bits per heavy atom. The van der Waals surface area contributed by atoms with E-state index in [1.165, 1.54) is 26.2 Å². The second-order valence-corrected chi connectivity index (χ2v) is 4.97. The Kier molecular flexibility index (Phi) is 7.40. The average molecular weight is 276 g/mol. The van der Waals surface area contributed by atoms with E-state index in [0.717, 1.165) is 24.2 Å². The second-order valence-electron chi connectivity index (χ2n) is 4.97. The van der Waals surface area contributed by atoms with E-state index in [1.54, 1.807) is 24.3 Å². The van der Waals surface area contributed by atoms with Crippen LogP contribution < -0.4 is 10.6 Å². The number of nitrogens with one attached hydrogen (secondary N) is 2. The fourth-order valence-electron chi connectivity index (χ4n) is 1.95. The number of anilines is 2. The van der Waals surface area contributed by atoms with Gasteiger partial charge in [-0.15, -0.1) is 0 Å². The first-order valence-electron chi connectivity index (χ1n) is 7.29. The van der Waals surface area contributed by atoms with Crippen molar-refractivity contribution >= 4 is 23.2 Å². The van der Waals surface area contributed by atoms with E-state index in [0.29, 0.717) is 6.42 Å². The number of hydrogen-bond acceptors (Lipinski definition) is 2. The molecule has 0 spiro atoms. The fourth-order valence-corrected chi connectivity index (χ4v) is 1.95. The molecule has 1 aromatic rings. The number of rotatable bonds is 8. The van der Waals surface area contributed by atoms with Gasteiger partial charge in [0, 0.05) is 24.7 Å². The zero-order valence-electron chi connectivity index (χ0n) is 12.4. The molecule has 0 aliphatic carbocycles. The van der Waals surface area contributed by atoms with Crippen molar-refractivity contribution in [1.29, 1.82) is 0 Å². The molecule has 0 radical (unpaired) electrons. The van der Waals surface area contributed by atoms with Crippen molar-refractivity contribution in [2.75, 3.05) is 10.6 Å². The van der Waals surface area contributed by atoms with E-state index in [2.05, 4.69) is 17.6 Å². The minimum Gasteiger partial charge on any atom is -0.326 e. The Morgan fingerprint density at radius 2 is 1.45 bits per heavy atom. The summed E-state index contributed by atoms with van der Waals surface area (Å²) in [5.74, 6) is -0.0531. The molecule has 0 aromatic heterocycles. The van der Waals surface area contributed by atoms with Crippen molar-refractivity contribution in [3.8, 4) is 0 Å². The number of unbranched alkanes of at least 4 members (excludes halogenated alkanes) is 4. The van der Waals surface area contributed by atoms with Gasteiger partial charge in [-0.3, -0.25) is 9.59 Å². The molecule has 110 valence electrons. The molecule has 4 heteroatoms. The quantitative estimate of drug-likeness (QED) is 0.706. The first kappa shape index (κ1) is 16.2. The van der Waals surface area contributed by atoms with E-state index < -0.39 is 0 Å². The van der Waals surface area contributed by atoms with Crippen LogP contribution in [-0.4, -0.2) is 11.8 Å². The molecule has 0 aliphatic heterocycles. The highest BCUT2D eigenvalue weighted by Crippen LogP contribution is 2.14. The van der Waals surface area contributed by atoms with Gasteiger partial charge >= 0.3 is 0 Å². The van der Waals surface area contributed by atoms with Gasteiger partial charge in [-0.2, -0.15) is 0 Å². The standard InChI is InChI=1S/C16H24N2O2/c1-3-4-5-6-7-8-16(20)18-15-11-9-14(10-12-15)17-13(2)19/h9-12H,3-8H2,1-2H3,(H,17,19)(H,18,20). The van der Waals surface area contributed by atoms with Gasteiger partial charge < -0.3 is 10.6 Å². The number of carbonyl (C=O) groups is 2. The molecular weight excluding hydrogens is 252 g/mol. The molecule has 0 saturated carbocycles. The van der Waals surface area contributed by atoms with E-state index in [9.17, 15) is 9.59 Å². The van der Waals surface area contributed by atoms with Gasteiger partial charge in [0.25, 0.3) is 0 Å². The summed E-state index contributed by atoms with van der Waals surface area (Å²) in [6.07, 6.45) is 6.28. The van der Waals surface area contributed by atoms with Crippen molar-refractivity contribution in [2.45, 2.75) is 52.4 Å². The van der Waals surface area contributed by atoms with Crippen molar-refractivity contribution < 1.29 is 9.59 Å². The first-order chi connectivity index (χ1) is 9.61. The van der Waals surface area contributed by atoms with E-state index in [1.807, 2.05) is 0 Å². The topological polar surface area (TPSA) is 58.2 Å². The highest BCUT2D eigenvalue weighted by molar-refractivity contribution is 5.92. The molecule has 2 N–H and O–H groups in total. The third-order valence-corrected chi connectivity index (χ3v) is 3.00. The smallest absolute Gasteiger partial charge is 0.224 e. The second kappa shape index (κ2) is 9.13. The van der Waals surface area contributed by atoms with Crippen molar-refractivity contribution in [2.24, 2.45) is 0 Å². The van der Waals surface area contributed by atoms with Crippen LogP contribution in [-0.2, 0) is 9.59 Å². The molecule has 0 unspecified atom stereocenters. The predicted octanol–water partition coefficient (Wildman–Crippen LogP) is 3.94. The molecule has 0 fully saturated rings. The van der Waals surface area contributed by atoms with Gasteiger partial charge in [-0.25, -0.2) is 0 Å². The highest BCUT2D eigenvalue weighted by Gasteiger charge is 2.02. The van der Waals surface area contributed by atoms with Crippen LogP contribution in [0.1, 0.15) is 52.4 Å². The Labute approximate surface area is 121 Å². The van der Waals surface area contributed by atoms with Crippen LogP contribution in [0.4, 0.5) is 11.4 Å². The first-order valence-corrected chi connectivity index (χ1v) is 7.29. The molecule has 0 aliphatic rings. The summed E-state index contributed by atoms with van der Waals surface area (Å²) in [6, 6.07) is 7.14. The maximum Gasteiger partial charge on any atom is 0.224 e. The highest BCUT2D eigenvalue weighted by atomic mass is 16.2. The molecule has 1 aromatic carbocycles. The lowest BCUT2D eigenvalue weighted by atomic mass is 10.1. The van der Waals surface area contributed by atoms with Gasteiger partial charge in [-0.05, 0) is 30.7 Å². The molecular formula is C16H24N2O2. The third-order valence-electron chi connectivity index (χ3n) is 3.00. The Morgan fingerprint density at radius 3 is 2.00 bits per heavy atom. The molecule has 0 saturated heterocycles. The Hall–Kier alpha value is -1.84. The molecule has 1 rings (SSSR count). The Balaban J connectivity index is 2.29. The average Bonchev–Trinajstić information content (AvgIpc) is 2.40. The maximum atomic E-state index is 11.7. The molecule has 0 bridgehead atoms. The Bertz CT molecular complexity index is 427. The molecule has 0 atom stereocenters. The summed E-state index contributed by atoms with van der Waals surface area (Å²) in [5, 5.41) is 5.55. The summed E-state index contributed by atoms with van der Waals surface area (Å²) < 4.78 is 0. The van der Waals surface area contributed by atoms with E-state index in [-0.39, 0.29) is 11.8 Å². The van der Waals surface area contributed by atoms with Gasteiger partial charge in [-0.1, -0.05) is 32.6 Å². The number of benzene rings is 1. The number of hydrogen-bond donors (Lipinski definition) is 2. The minimum atomic E-state index is -0.103. The monoisotopic (exact) mass is 276 g/mol. The largest absolute Gasteiger partial charge is 0.326 e. The van der Waals surface area contributed by atoms with Crippen LogP contribution in [0.25, 0.3) is 0 Å². The van der Waals surface area contributed by atoms with Crippen LogP contribution in [0, 0.1) is 0 Å². The molecule has 0 heterocycles. The summed E-state index contributed by atoms with van der Waals surface area (Å²) in [6.45, 7) is 3.64. The number of amides is 2. The summed E-state index contributed by atoms with van der Waals surface area (Å²) >= 11 is 0. The van der Waals surface area contributed by atoms with Gasteiger partial charge in [0.15, 0.2) is 0 Å². The number of carbonyl (C=O) groups excluding carboxylic acids is 2. The lowest BCUT2D eigenvalue weighted by Crippen LogP contribution is -2.11. The SMILES string of the molecule is CCCCCCCC(=O)Nc1ccc(NC(C)=O)cc1. The molecule has 4 nitrogen and oxygen atoms in total. The minimum absolute atomic E-state index is 0.0498. The molecule has 20 heavy (non-hydrogen) atoms. The van der Waals surface area contributed by atoms with Crippen LogP contribution in [0.2, 0.25) is 0 Å². The van der Waals surface area contributed by atoms with Crippen LogP contribution in [0.5, 0.6) is 0 Å². The van der Waals surface area contributed by atoms with Gasteiger partial charge in [0.2, 0.25) is 11.8 Å². The van der Waals surface area contributed by atoms with Crippen LogP contribution in [0.15, 0.2) is 24.3 Å². The normalized spacial score (nSPS) is 10.1. The summed E-state index contributed by atoms with van der Waals surface area (Å²) in [4.78, 5) is 22.6. The predicted molar refractivity (Wildman–Crippen MR) is 82.8 cm³/mol. The van der Waals surface area contributed by atoms with Crippen LogP contribution in [0.3, 0.4) is 0 Å². The van der Waals surface area contributed by atoms with Crippen molar-refractivity contribution in [3.63, 3.8) is 0 Å². The van der Waals surface area contributed by atoms with Crippen molar-refractivity contribution in [1.82, 2.24) is 0 Å². The van der Waals surface area contributed by atoms with Gasteiger partial charge in [0.05, 0.1) is 0 Å². The molecule has 2 amide bonds. The third kappa shape index (κ3) is 6.92. The van der Waals surface area contributed by atoms with E-state index in [4.69, 9.17) is 0 Å². The maximum absolute atomic E-state index is 11.7. The van der Waals surface area contributed by atoms with Gasteiger partial charge in [0.1, 0.15) is 0 Å². The summed E-state index contributed by atoms with van der Waals surface area (Å²) in [7, 11) is 0. The lowest BCUT2D eigenvalue weighted by molar-refractivity contribution is -0.116. The van der Waals surface area contributed by atoms with Crippen LogP contribution >= 0.6 is 0 Å². The van der Waals surface area contributed by atoms with Crippen molar-refractivity contribution in [3.05, 3.63) is 24.3 Å². The van der Waals surface area contributed by atoms with E-state index >= 15 is 0 Å². The summed E-state index contributed by atoms with van der Waals surface area (Å²) in [5.41, 5.74) is 1.49. The zero-order chi connectivity index (χ0) is 14.8.